The van der Waals surface area contributed by atoms with Crippen LogP contribution in [0.1, 0.15) is 5.76 Å². The van der Waals surface area contributed by atoms with Crippen molar-refractivity contribution in [2.24, 2.45) is 0 Å². The van der Waals surface area contributed by atoms with Crippen molar-refractivity contribution >= 4 is 34.7 Å². The van der Waals surface area contributed by atoms with E-state index in [0.717, 1.165) is 16.7 Å². The number of carbonyl (C=O) groups excluding carboxylic acids is 2. The van der Waals surface area contributed by atoms with Gasteiger partial charge in [0.2, 0.25) is 0 Å². The van der Waals surface area contributed by atoms with Crippen LogP contribution in [0.15, 0.2) is 52.0 Å². The smallest absolute Gasteiger partial charge is 0.298 e. The molecule has 1 fully saturated rings. The lowest BCUT2D eigenvalue weighted by Crippen LogP contribution is -2.27. The number of benzene rings is 1. The molecule has 2 aromatic rings. The van der Waals surface area contributed by atoms with Gasteiger partial charge in [0.25, 0.3) is 11.1 Å². The number of furan rings is 1. The number of imide groups is 1. The van der Waals surface area contributed by atoms with E-state index >= 15 is 0 Å². The molecule has 5 nitrogen and oxygen atoms in total. The van der Waals surface area contributed by atoms with Crippen LogP contribution in [0.5, 0.6) is 5.75 Å². The average molecular weight is 301 g/mol. The van der Waals surface area contributed by atoms with Crippen LogP contribution in [0.25, 0.3) is 6.08 Å². The molecule has 0 radical (unpaired) electrons. The van der Waals surface area contributed by atoms with Crippen molar-refractivity contribution in [1.82, 2.24) is 0 Å². The number of ether oxygens (including phenoxy) is 1. The van der Waals surface area contributed by atoms with Gasteiger partial charge in [0, 0.05) is 6.08 Å². The zero-order valence-electron chi connectivity index (χ0n) is 11.1. The summed E-state index contributed by atoms with van der Waals surface area (Å²) in [4.78, 5) is 25.9. The first-order valence-corrected chi connectivity index (χ1v) is 6.96. The highest BCUT2D eigenvalue weighted by Crippen LogP contribution is 2.36. The number of thioether (sulfide) groups is 1. The maximum Gasteiger partial charge on any atom is 0.298 e. The summed E-state index contributed by atoms with van der Waals surface area (Å²) >= 11 is 0.892. The monoisotopic (exact) mass is 301 g/mol. The number of carbonyl (C=O) groups is 2. The van der Waals surface area contributed by atoms with Crippen LogP contribution in [-0.4, -0.2) is 18.3 Å². The van der Waals surface area contributed by atoms with Crippen molar-refractivity contribution in [2.75, 3.05) is 12.0 Å². The zero-order valence-corrected chi connectivity index (χ0v) is 11.9. The van der Waals surface area contributed by atoms with Gasteiger partial charge in [0.1, 0.15) is 11.5 Å². The first kappa shape index (κ1) is 13.5. The van der Waals surface area contributed by atoms with Crippen molar-refractivity contribution in [1.29, 1.82) is 0 Å². The first-order chi connectivity index (χ1) is 10.2. The van der Waals surface area contributed by atoms with Crippen LogP contribution < -0.4 is 9.64 Å². The Kier molecular flexibility index (Phi) is 3.53. The van der Waals surface area contributed by atoms with E-state index in [-0.39, 0.29) is 11.1 Å². The SMILES string of the molecule is COc1ccc(N2C(=O)S/C(=C/c3ccco3)C2=O)cc1. The minimum Gasteiger partial charge on any atom is -0.497 e. The third-order valence-electron chi connectivity index (χ3n) is 2.94. The number of rotatable bonds is 3. The molecule has 1 aliphatic heterocycles. The lowest BCUT2D eigenvalue weighted by Gasteiger charge is -2.12. The Labute approximate surface area is 125 Å². The molecular formula is C15H11NO4S. The Hall–Kier alpha value is -2.47. The molecule has 2 amide bonds. The van der Waals surface area contributed by atoms with Crippen molar-refractivity contribution in [3.63, 3.8) is 0 Å². The molecule has 0 unspecified atom stereocenters. The van der Waals surface area contributed by atoms with E-state index < -0.39 is 0 Å². The van der Waals surface area contributed by atoms with Crippen LogP contribution in [0.3, 0.4) is 0 Å². The Bertz CT molecular complexity index is 704. The Morgan fingerprint density at radius 1 is 1.19 bits per heavy atom. The van der Waals surface area contributed by atoms with Gasteiger partial charge < -0.3 is 9.15 Å². The van der Waals surface area contributed by atoms with Gasteiger partial charge in [-0.1, -0.05) is 0 Å². The summed E-state index contributed by atoms with van der Waals surface area (Å²) in [5.41, 5.74) is 0.515. The summed E-state index contributed by atoms with van der Waals surface area (Å²) < 4.78 is 10.2. The second-order valence-corrected chi connectivity index (χ2v) is 5.22. The predicted molar refractivity (Wildman–Crippen MR) is 80.2 cm³/mol. The summed E-state index contributed by atoms with van der Waals surface area (Å²) in [5.74, 6) is 0.846. The summed E-state index contributed by atoms with van der Waals surface area (Å²) in [6, 6.07) is 10.2. The highest BCUT2D eigenvalue weighted by molar-refractivity contribution is 8.19. The van der Waals surface area contributed by atoms with Crippen LogP contribution in [0.4, 0.5) is 10.5 Å². The number of hydrogen-bond acceptors (Lipinski definition) is 5. The van der Waals surface area contributed by atoms with Crippen molar-refractivity contribution in [3.8, 4) is 5.75 Å². The minimum atomic E-state index is -0.355. The topological polar surface area (TPSA) is 59.8 Å². The molecule has 1 aromatic carbocycles. The lowest BCUT2D eigenvalue weighted by atomic mass is 10.2. The second kappa shape index (κ2) is 5.49. The summed E-state index contributed by atoms with van der Waals surface area (Å²) in [6.07, 6.45) is 3.08. The van der Waals surface area contributed by atoms with Gasteiger partial charge in [-0.25, -0.2) is 4.90 Å². The second-order valence-electron chi connectivity index (χ2n) is 4.23. The van der Waals surface area contributed by atoms with E-state index in [9.17, 15) is 9.59 Å². The molecule has 3 rings (SSSR count). The highest BCUT2D eigenvalue weighted by atomic mass is 32.2. The lowest BCUT2D eigenvalue weighted by molar-refractivity contribution is -0.113. The first-order valence-electron chi connectivity index (χ1n) is 6.14. The molecule has 6 heteroatoms. The van der Waals surface area contributed by atoms with Gasteiger partial charge in [-0.3, -0.25) is 9.59 Å². The largest absolute Gasteiger partial charge is 0.497 e. The quantitative estimate of drug-likeness (QED) is 0.812. The normalized spacial score (nSPS) is 16.8. The fourth-order valence-electron chi connectivity index (χ4n) is 1.92. The fourth-order valence-corrected chi connectivity index (χ4v) is 2.75. The number of anilines is 1. The molecule has 2 heterocycles. The number of methoxy groups -OCH3 is 1. The van der Waals surface area contributed by atoms with Crippen molar-refractivity contribution in [3.05, 3.63) is 53.3 Å². The van der Waals surface area contributed by atoms with Crippen molar-refractivity contribution in [2.45, 2.75) is 0 Å². The van der Waals surface area contributed by atoms with E-state index in [0.29, 0.717) is 22.1 Å². The number of amides is 2. The third-order valence-corrected chi connectivity index (χ3v) is 3.81. The molecule has 0 bridgehead atoms. The van der Waals surface area contributed by atoms with E-state index in [1.807, 2.05) is 0 Å². The molecule has 1 aliphatic rings. The van der Waals surface area contributed by atoms with Gasteiger partial charge >= 0.3 is 0 Å². The fraction of sp³-hybridized carbons (Fsp3) is 0.0667. The van der Waals surface area contributed by atoms with Crippen LogP contribution in [-0.2, 0) is 4.79 Å². The molecule has 0 N–H and O–H groups in total. The summed E-state index contributed by atoms with van der Waals surface area (Å²) in [6.45, 7) is 0. The molecular weight excluding hydrogens is 290 g/mol. The van der Waals surface area contributed by atoms with Gasteiger partial charge in [-0.2, -0.15) is 0 Å². The van der Waals surface area contributed by atoms with Gasteiger partial charge in [-0.05, 0) is 48.2 Å². The Morgan fingerprint density at radius 2 is 1.95 bits per heavy atom. The van der Waals surface area contributed by atoms with E-state index in [4.69, 9.17) is 9.15 Å². The third kappa shape index (κ3) is 2.57. The van der Waals surface area contributed by atoms with Gasteiger partial charge in [-0.15, -0.1) is 0 Å². The van der Waals surface area contributed by atoms with E-state index in [1.165, 1.54) is 6.26 Å². The summed E-state index contributed by atoms with van der Waals surface area (Å²) in [5, 5.41) is -0.331. The molecule has 0 spiro atoms. The van der Waals surface area contributed by atoms with Gasteiger partial charge in [0.15, 0.2) is 0 Å². The molecule has 21 heavy (non-hydrogen) atoms. The molecule has 0 atom stereocenters. The van der Waals surface area contributed by atoms with Crippen molar-refractivity contribution < 1.29 is 18.7 Å². The molecule has 1 aromatic heterocycles. The molecule has 106 valence electrons. The van der Waals surface area contributed by atoms with E-state index in [1.54, 1.807) is 49.6 Å². The van der Waals surface area contributed by atoms with Gasteiger partial charge in [0.05, 0.1) is 24.0 Å². The maximum atomic E-state index is 12.3. The molecule has 0 saturated carbocycles. The Balaban J connectivity index is 1.90. The predicted octanol–water partition coefficient (Wildman–Crippen LogP) is 3.53. The van der Waals surface area contributed by atoms with Crippen LogP contribution in [0, 0.1) is 0 Å². The highest BCUT2D eigenvalue weighted by Gasteiger charge is 2.36. The number of nitrogens with zero attached hydrogens (tertiary/aromatic N) is 1. The zero-order chi connectivity index (χ0) is 14.8. The minimum absolute atomic E-state index is 0.331. The van der Waals surface area contributed by atoms with Crippen LogP contribution in [0.2, 0.25) is 0 Å². The standard InChI is InChI=1S/C15H11NO4S/c1-19-11-6-4-10(5-7-11)16-14(17)13(21-15(16)18)9-12-3-2-8-20-12/h2-9H,1H3/b13-9+. The molecule has 1 saturated heterocycles. The molecule has 0 aliphatic carbocycles. The summed E-state index contributed by atoms with van der Waals surface area (Å²) in [7, 11) is 1.56. The van der Waals surface area contributed by atoms with E-state index in [2.05, 4.69) is 0 Å². The number of hydrogen-bond donors (Lipinski definition) is 0. The maximum absolute atomic E-state index is 12.3. The van der Waals surface area contributed by atoms with Crippen LogP contribution >= 0.6 is 11.8 Å². The Morgan fingerprint density at radius 3 is 2.57 bits per heavy atom. The average Bonchev–Trinajstić information content (AvgIpc) is 3.09.